The van der Waals surface area contributed by atoms with E-state index in [1.807, 2.05) is 12.3 Å². The molecule has 0 saturated carbocycles. The molecule has 2 heterocycles. The van der Waals surface area contributed by atoms with Gasteiger partial charge in [0.05, 0.1) is 22.0 Å². The molecule has 3 aromatic rings. The molecule has 8 heteroatoms. The highest BCUT2D eigenvalue weighted by molar-refractivity contribution is 7.98. The van der Waals surface area contributed by atoms with Gasteiger partial charge in [0, 0.05) is 15.5 Å². The Morgan fingerprint density at radius 2 is 1.96 bits per heavy atom. The second-order valence-corrected chi connectivity index (χ2v) is 8.18. The average molecular weight is 420 g/mol. The predicted octanol–water partition coefficient (Wildman–Crippen LogP) is 5.75. The first-order valence-corrected chi connectivity index (χ1v) is 10.3. The lowest BCUT2D eigenvalue weighted by Gasteiger charge is -2.13. The maximum Gasteiger partial charge on any atom is 0.263 e. The summed E-state index contributed by atoms with van der Waals surface area (Å²) in [6.07, 6.45) is 2.76. The lowest BCUT2D eigenvalue weighted by molar-refractivity contribution is 0.660. The van der Waals surface area contributed by atoms with Crippen LogP contribution in [0.25, 0.3) is 10.2 Å². The fourth-order valence-corrected chi connectivity index (χ4v) is 4.62. The highest BCUT2D eigenvalue weighted by Crippen LogP contribution is 2.33. The van der Waals surface area contributed by atoms with E-state index < -0.39 is 0 Å². The lowest BCUT2D eigenvalue weighted by Crippen LogP contribution is -2.23. The van der Waals surface area contributed by atoms with E-state index in [9.17, 15) is 4.79 Å². The molecule has 1 aromatic carbocycles. The number of halogens is 3. The van der Waals surface area contributed by atoms with Crippen LogP contribution in [0.1, 0.15) is 17.4 Å². The molecule has 126 valence electrons. The fourth-order valence-electron chi connectivity index (χ4n) is 2.39. The number of fused-ring (bicyclic) bond motifs is 1. The average Bonchev–Trinajstić information content (AvgIpc) is 3.00. The Bertz CT molecular complexity index is 982. The zero-order valence-electron chi connectivity index (χ0n) is 12.9. The molecule has 0 saturated heterocycles. The van der Waals surface area contributed by atoms with Gasteiger partial charge in [0.15, 0.2) is 5.16 Å². The van der Waals surface area contributed by atoms with Crippen molar-refractivity contribution < 1.29 is 0 Å². The van der Waals surface area contributed by atoms with Gasteiger partial charge in [-0.3, -0.25) is 9.36 Å². The number of rotatable bonds is 4. The number of hydrogen-bond acceptors (Lipinski definition) is 4. The number of thioether (sulfide) groups is 1. The maximum atomic E-state index is 12.9. The zero-order valence-corrected chi connectivity index (χ0v) is 16.8. The smallest absolute Gasteiger partial charge is 0.263 e. The minimum Gasteiger partial charge on any atom is -0.282 e. The van der Waals surface area contributed by atoms with E-state index in [0.29, 0.717) is 31.2 Å². The van der Waals surface area contributed by atoms with Crippen LogP contribution in [0.15, 0.2) is 28.2 Å². The van der Waals surface area contributed by atoms with Crippen LogP contribution in [0.5, 0.6) is 0 Å². The first-order valence-electron chi connectivity index (χ1n) is 7.15. The molecule has 3 nitrogen and oxygen atoms in total. The summed E-state index contributed by atoms with van der Waals surface area (Å²) >= 11 is 21.6. The molecule has 0 amide bonds. The van der Waals surface area contributed by atoms with Crippen LogP contribution in [-0.2, 0) is 13.0 Å². The van der Waals surface area contributed by atoms with Crippen molar-refractivity contribution in [3.8, 4) is 0 Å². The Morgan fingerprint density at radius 3 is 2.62 bits per heavy atom. The minimum atomic E-state index is -0.0904. The van der Waals surface area contributed by atoms with Crippen molar-refractivity contribution in [2.24, 2.45) is 0 Å². The summed E-state index contributed by atoms with van der Waals surface area (Å²) in [5, 5.41) is 2.51. The topological polar surface area (TPSA) is 34.9 Å². The van der Waals surface area contributed by atoms with Gasteiger partial charge in [0.25, 0.3) is 5.56 Å². The molecule has 0 bridgehead atoms. The largest absolute Gasteiger partial charge is 0.282 e. The number of aryl methyl sites for hydroxylation is 1. The Labute approximate surface area is 162 Å². The van der Waals surface area contributed by atoms with Crippen molar-refractivity contribution in [1.29, 1.82) is 0 Å². The number of thiophene rings is 1. The number of aromatic nitrogens is 2. The van der Waals surface area contributed by atoms with Crippen molar-refractivity contribution in [2.75, 3.05) is 6.26 Å². The van der Waals surface area contributed by atoms with Crippen LogP contribution < -0.4 is 5.56 Å². The summed E-state index contributed by atoms with van der Waals surface area (Å²) in [4.78, 5) is 19.5. The molecule has 24 heavy (non-hydrogen) atoms. The number of benzene rings is 1. The molecule has 0 radical (unpaired) electrons. The van der Waals surface area contributed by atoms with Gasteiger partial charge < -0.3 is 0 Å². The van der Waals surface area contributed by atoms with Gasteiger partial charge >= 0.3 is 0 Å². The molecule has 0 unspecified atom stereocenters. The fraction of sp³-hybridized carbons (Fsp3) is 0.250. The van der Waals surface area contributed by atoms with Crippen LogP contribution >= 0.6 is 57.9 Å². The summed E-state index contributed by atoms with van der Waals surface area (Å²) < 4.78 is 1.60. The van der Waals surface area contributed by atoms with E-state index in [-0.39, 0.29) is 12.1 Å². The van der Waals surface area contributed by atoms with Crippen molar-refractivity contribution in [2.45, 2.75) is 25.0 Å². The van der Waals surface area contributed by atoms with E-state index in [2.05, 4.69) is 11.9 Å². The van der Waals surface area contributed by atoms with E-state index in [1.54, 1.807) is 28.0 Å². The van der Waals surface area contributed by atoms with Crippen LogP contribution in [0.2, 0.25) is 15.1 Å². The van der Waals surface area contributed by atoms with E-state index >= 15 is 0 Å². The van der Waals surface area contributed by atoms with Gasteiger partial charge in [-0.05, 0) is 30.9 Å². The molecule has 2 aromatic heterocycles. The van der Waals surface area contributed by atoms with Gasteiger partial charge in [-0.1, -0.05) is 53.5 Å². The first-order chi connectivity index (χ1) is 11.5. The van der Waals surface area contributed by atoms with Crippen molar-refractivity contribution in [1.82, 2.24) is 9.55 Å². The third-order valence-electron chi connectivity index (χ3n) is 3.65. The minimum absolute atomic E-state index is 0.0904. The summed E-state index contributed by atoms with van der Waals surface area (Å²) in [5.74, 6) is 0. The highest BCUT2D eigenvalue weighted by Gasteiger charge is 2.17. The molecular weight excluding hydrogens is 407 g/mol. The Balaban J connectivity index is 2.21. The summed E-state index contributed by atoms with van der Waals surface area (Å²) in [6.45, 7) is 2.29. The Kier molecular flexibility index (Phi) is 5.47. The van der Waals surface area contributed by atoms with Crippen LogP contribution in [0, 0.1) is 0 Å². The second kappa shape index (κ2) is 7.26. The monoisotopic (exact) mass is 418 g/mol. The summed E-state index contributed by atoms with van der Waals surface area (Å²) in [6, 6.07) is 5.24. The third kappa shape index (κ3) is 3.20. The van der Waals surface area contributed by atoms with Gasteiger partial charge in [0.1, 0.15) is 4.83 Å². The van der Waals surface area contributed by atoms with Gasteiger partial charge in [-0.15, -0.1) is 11.3 Å². The molecule has 0 aliphatic carbocycles. The maximum absolute atomic E-state index is 12.9. The normalized spacial score (nSPS) is 11.4. The molecule has 0 spiro atoms. The lowest BCUT2D eigenvalue weighted by atomic mass is 10.2. The number of nitrogens with zero attached hydrogens (tertiary/aromatic N) is 2. The quantitative estimate of drug-likeness (QED) is 0.307. The van der Waals surface area contributed by atoms with Crippen molar-refractivity contribution >= 4 is 68.1 Å². The second-order valence-electron chi connectivity index (χ2n) is 5.10. The molecule has 0 fully saturated rings. The Morgan fingerprint density at radius 1 is 1.25 bits per heavy atom. The van der Waals surface area contributed by atoms with E-state index in [1.165, 1.54) is 11.8 Å². The van der Waals surface area contributed by atoms with E-state index in [4.69, 9.17) is 34.8 Å². The summed E-state index contributed by atoms with van der Waals surface area (Å²) in [5.41, 5.74) is 0.530. The van der Waals surface area contributed by atoms with Crippen LogP contribution in [0.3, 0.4) is 0 Å². The van der Waals surface area contributed by atoms with Gasteiger partial charge in [-0.25, -0.2) is 4.98 Å². The van der Waals surface area contributed by atoms with Crippen LogP contribution in [0.4, 0.5) is 0 Å². The van der Waals surface area contributed by atoms with Gasteiger partial charge in [-0.2, -0.15) is 0 Å². The summed E-state index contributed by atoms with van der Waals surface area (Å²) in [7, 11) is 0. The first kappa shape index (κ1) is 18.1. The highest BCUT2D eigenvalue weighted by atomic mass is 35.5. The third-order valence-corrected chi connectivity index (χ3v) is 6.70. The molecule has 0 atom stereocenters. The predicted molar refractivity (Wildman–Crippen MR) is 106 cm³/mol. The molecule has 0 aliphatic heterocycles. The van der Waals surface area contributed by atoms with E-state index in [0.717, 1.165) is 16.1 Å². The Hall–Kier alpha value is -0.720. The van der Waals surface area contributed by atoms with Gasteiger partial charge in [0.2, 0.25) is 0 Å². The molecule has 0 aliphatic rings. The molecule has 3 rings (SSSR count). The van der Waals surface area contributed by atoms with Crippen molar-refractivity contribution in [3.05, 3.63) is 54.1 Å². The SMILES string of the molecule is CCc1cc2c(=O)n(Cc3c(Cl)ccc(Cl)c3Cl)c(SC)nc2s1. The molecular formula is C16H13Cl3N2OS2. The standard InChI is InChI=1S/C16H13Cl3N2OS2/c1-3-8-6-9-14(24-8)20-16(23-2)21(15(9)22)7-10-11(17)4-5-12(18)13(10)19/h4-6H,3,7H2,1-2H3. The van der Waals surface area contributed by atoms with Crippen molar-refractivity contribution in [3.63, 3.8) is 0 Å². The molecule has 0 N–H and O–H groups in total. The zero-order chi connectivity index (χ0) is 17.4. The van der Waals surface area contributed by atoms with Crippen LogP contribution in [-0.4, -0.2) is 15.8 Å². The number of hydrogen-bond donors (Lipinski definition) is 0.